The van der Waals surface area contributed by atoms with Crippen LogP contribution < -0.4 is 0 Å². The molecule has 0 radical (unpaired) electrons. The van der Waals surface area contributed by atoms with Crippen molar-refractivity contribution in [3.63, 3.8) is 0 Å². The first-order valence-electron chi connectivity index (χ1n) is 15.2. The highest BCUT2D eigenvalue weighted by molar-refractivity contribution is 4.95. The first kappa shape index (κ1) is 37.6. The Balaban J connectivity index is 1.43. The molecule has 0 aromatic heterocycles. The van der Waals surface area contributed by atoms with Gasteiger partial charge in [0.15, 0.2) is 18.9 Å². The van der Waals surface area contributed by atoms with Crippen molar-refractivity contribution in [2.75, 3.05) is 26.4 Å². The Morgan fingerprint density at radius 3 is 1.70 bits per heavy atom. The summed E-state index contributed by atoms with van der Waals surface area (Å²) < 4.78 is 32.7. The molecule has 15 atom stereocenters. The molecule has 44 heavy (non-hydrogen) atoms. The molecule has 3 saturated heterocycles. The van der Waals surface area contributed by atoms with Gasteiger partial charge in [-0.2, -0.15) is 0 Å². The fourth-order valence-electron chi connectivity index (χ4n) is 5.43. The number of aliphatic hydroxyl groups excluding tert-OH is 10. The van der Waals surface area contributed by atoms with Gasteiger partial charge in [0, 0.05) is 6.61 Å². The van der Waals surface area contributed by atoms with E-state index in [0.29, 0.717) is 6.61 Å². The van der Waals surface area contributed by atoms with E-state index in [4.69, 9.17) is 33.5 Å². The van der Waals surface area contributed by atoms with E-state index in [2.05, 4.69) is 6.58 Å². The lowest BCUT2D eigenvalue weighted by Gasteiger charge is -2.28. The van der Waals surface area contributed by atoms with E-state index in [0.717, 1.165) is 44.9 Å². The number of ether oxygens (including phenoxy) is 6. The molecule has 0 saturated carbocycles. The van der Waals surface area contributed by atoms with E-state index in [1.54, 1.807) is 0 Å². The minimum absolute atomic E-state index is 0.292. The minimum atomic E-state index is -1.68. The first-order chi connectivity index (χ1) is 21.0. The highest BCUT2D eigenvalue weighted by Crippen LogP contribution is 2.31. The summed E-state index contributed by atoms with van der Waals surface area (Å²) in [6, 6.07) is 0. The van der Waals surface area contributed by atoms with Gasteiger partial charge in [-0.25, -0.2) is 0 Å². The van der Waals surface area contributed by atoms with E-state index < -0.39 is 112 Å². The Hall–Kier alpha value is -0.900. The lowest BCUT2D eigenvalue weighted by atomic mass is 10.1. The molecule has 0 aromatic carbocycles. The van der Waals surface area contributed by atoms with Crippen molar-refractivity contribution in [2.45, 2.75) is 137 Å². The molecule has 3 rings (SSSR count). The number of rotatable bonds is 20. The van der Waals surface area contributed by atoms with Gasteiger partial charge in [-0.1, -0.05) is 31.8 Å². The Bertz CT molecular complexity index is 823. The van der Waals surface area contributed by atoms with Gasteiger partial charge in [-0.3, -0.25) is 0 Å². The summed E-state index contributed by atoms with van der Waals surface area (Å²) in [4.78, 5) is 0. The van der Waals surface area contributed by atoms with Crippen LogP contribution in [0.4, 0.5) is 0 Å². The summed E-state index contributed by atoms with van der Waals surface area (Å²) in [6.07, 6.45) is -13.4. The molecule has 0 unspecified atom stereocenters. The predicted molar refractivity (Wildman–Crippen MR) is 148 cm³/mol. The summed E-state index contributed by atoms with van der Waals surface area (Å²) in [5.74, 6) is 0. The zero-order valence-corrected chi connectivity index (χ0v) is 24.6. The normalized spacial score (nSPS) is 39.5. The summed E-state index contributed by atoms with van der Waals surface area (Å²) in [7, 11) is 0. The van der Waals surface area contributed by atoms with Gasteiger partial charge in [0.2, 0.25) is 0 Å². The molecule has 0 aliphatic carbocycles. The fourth-order valence-corrected chi connectivity index (χ4v) is 5.43. The topological polar surface area (TPSA) is 258 Å². The molecule has 3 aliphatic rings. The van der Waals surface area contributed by atoms with Gasteiger partial charge >= 0.3 is 0 Å². The largest absolute Gasteiger partial charge is 0.394 e. The third-order valence-electron chi connectivity index (χ3n) is 8.09. The van der Waals surface area contributed by atoms with Gasteiger partial charge < -0.3 is 79.5 Å². The van der Waals surface area contributed by atoms with Crippen LogP contribution in [0.5, 0.6) is 0 Å². The first-order valence-corrected chi connectivity index (χ1v) is 15.2. The smallest absolute Gasteiger partial charge is 0.187 e. The van der Waals surface area contributed by atoms with E-state index >= 15 is 0 Å². The maximum absolute atomic E-state index is 10.6. The van der Waals surface area contributed by atoms with Gasteiger partial charge in [0.25, 0.3) is 0 Å². The van der Waals surface area contributed by atoms with Gasteiger partial charge in [0.1, 0.15) is 73.2 Å². The van der Waals surface area contributed by atoms with Crippen LogP contribution >= 0.6 is 0 Å². The summed E-state index contributed by atoms with van der Waals surface area (Å²) in [6.45, 7) is 1.88. The number of hydrogen-bond donors (Lipinski definition) is 10. The summed E-state index contributed by atoms with van der Waals surface area (Å²) in [5, 5.41) is 101. The maximum Gasteiger partial charge on any atom is 0.187 e. The molecule has 258 valence electrons. The Morgan fingerprint density at radius 2 is 1.09 bits per heavy atom. The highest BCUT2D eigenvalue weighted by Gasteiger charge is 2.52. The van der Waals surface area contributed by atoms with Crippen LogP contribution in [-0.2, 0) is 28.4 Å². The number of aliphatic hydroxyl groups is 10. The standard InChI is InChI=1S/C28H50O16/c1-2-3-4-5-6-7-8-9-10-39-26-20(36)17(33)24(42-26)15(32)13-40-27-21(37)19(35)25(44-27)16(12-30)41-28-22(38)18(34)23(43-28)14(31)11-29/h2,14-38H,1,3-13H2/t14-,15-,16-,17-,18-,19-,20-,21-,22-,23+,24+,25+,26-,27-,28-/m1/s1. The third-order valence-corrected chi connectivity index (χ3v) is 8.09. The van der Waals surface area contributed by atoms with Crippen LogP contribution in [-0.4, -0.2) is 170 Å². The molecule has 16 heteroatoms. The number of unbranched alkanes of at least 4 members (excludes halogenated alkanes) is 6. The third kappa shape index (κ3) is 9.57. The van der Waals surface area contributed by atoms with Crippen LogP contribution in [0, 0.1) is 0 Å². The summed E-state index contributed by atoms with van der Waals surface area (Å²) >= 11 is 0. The molecule has 3 fully saturated rings. The Morgan fingerprint density at radius 1 is 0.591 bits per heavy atom. The summed E-state index contributed by atoms with van der Waals surface area (Å²) in [5.41, 5.74) is 0. The molecular weight excluding hydrogens is 592 g/mol. The van der Waals surface area contributed by atoms with Crippen LogP contribution in [0.3, 0.4) is 0 Å². The van der Waals surface area contributed by atoms with E-state index in [9.17, 15) is 46.0 Å². The molecule has 10 N–H and O–H groups in total. The zero-order valence-electron chi connectivity index (χ0n) is 24.6. The lowest BCUT2D eigenvalue weighted by molar-refractivity contribution is -0.247. The molecule has 0 spiro atoms. The molecule has 16 nitrogen and oxygen atoms in total. The number of hydrogen-bond acceptors (Lipinski definition) is 16. The van der Waals surface area contributed by atoms with Crippen molar-refractivity contribution in [2.24, 2.45) is 0 Å². The average Bonchev–Trinajstić information content (AvgIpc) is 3.58. The molecular formula is C28H50O16. The van der Waals surface area contributed by atoms with Gasteiger partial charge in [0.05, 0.1) is 19.8 Å². The quantitative estimate of drug-likeness (QED) is 0.0454. The van der Waals surface area contributed by atoms with Crippen molar-refractivity contribution in [3.8, 4) is 0 Å². The van der Waals surface area contributed by atoms with Crippen LogP contribution in [0.2, 0.25) is 0 Å². The monoisotopic (exact) mass is 642 g/mol. The Labute approximate surface area is 256 Å². The molecule has 0 bridgehead atoms. The van der Waals surface area contributed by atoms with Crippen molar-refractivity contribution in [1.29, 1.82) is 0 Å². The second kappa shape index (κ2) is 18.4. The second-order valence-corrected chi connectivity index (χ2v) is 11.4. The van der Waals surface area contributed by atoms with Crippen molar-refractivity contribution in [1.82, 2.24) is 0 Å². The van der Waals surface area contributed by atoms with Crippen LogP contribution in [0.25, 0.3) is 0 Å². The van der Waals surface area contributed by atoms with Crippen LogP contribution in [0.1, 0.15) is 44.9 Å². The fraction of sp³-hybridized carbons (Fsp3) is 0.929. The molecule has 0 amide bonds. The average molecular weight is 643 g/mol. The predicted octanol–water partition coefficient (Wildman–Crippen LogP) is -3.63. The lowest BCUT2D eigenvalue weighted by Crippen LogP contribution is -2.46. The van der Waals surface area contributed by atoms with Gasteiger partial charge in [-0.15, -0.1) is 6.58 Å². The van der Waals surface area contributed by atoms with Crippen molar-refractivity contribution < 1.29 is 79.5 Å². The van der Waals surface area contributed by atoms with E-state index in [-0.39, 0.29) is 0 Å². The minimum Gasteiger partial charge on any atom is -0.394 e. The van der Waals surface area contributed by atoms with Gasteiger partial charge in [-0.05, 0) is 19.3 Å². The van der Waals surface area contributed by atoms with Crippen molar-refractivity contribution >= 4 is 0 Å². The van der Waals surface area contributed by atoms with Crippen LogP contribution in [0.15, 0.2) is 12.7 Å². The SMILES string of the molecule is C=CCCCCCCCCO[C@@H]1O[C@@H]([C@H](O)CO[C@@H]2O[C@@H]([C@@H](CO)O[C@@H]3O[C@@H]([C@H](O)CO)[C@H](O)[C@H]3O)[C@H](O)[C@H]2O)[C@H](O)[C@H]1O. The van der Waals surface area contributed by atoms with E-state index in [1.165, 1.54) is 0 Å². The zero-order chi connectivity index (χ0) is 32.4. The van der Waals surface area contributed by atoms with Crippen molar-refractivity contribution in [3.05, 3.63) is 12.7 Å². The number of allylic oxidation sites excluding steroid dienone is 1. The van der Waals surface area contributed by atoms with E-state index in [1.807, 2.05) is 6.08 Å². The molecule has 3 aliphatic heterocycles. The second-order valence-electron chi connectivity index (χ2n) is 11.4. The molecule has 0 aromatic rings. The Kier molecular flexibility index (Phi) is 15.7. The highest BCUT2D eigenvalue weighted by atomic mass is 16.7. The molecule has 3 heterocycles. The maximum atomic E-state index is 10.6.